The molecule has 5 heteroatoms. The Labute approximate surface area is 127 Å². The van der Waals surface area contributed by atoms with Gasteiger partial charge in [-0.25, -0.2) is 9.37 Å². The Balaban J connectivity index is 2.22. The summed E-state index contributed by atoms with van der Waals surface area (Å²) in [4.78, 5) is 4.56. The highest BCUT2D eigenvalue weighted by Gasteiger charge is 2.14. The normalized spacial score (nSPS) is 11.0. The summed E-state index contributed by atoms with van der Waals surface area (Å²) >= 11 is 6.05. The molecule has 0 spiro atoms. The number of rotatable bonds is 3. The van der Waals surface area contributed by atoms with Crippen LogP contribution in [-0.4, -0.2) is 16.5 Å². The molecular weight excluding hydrogens is 291 g/mol. The van der Waals surface area contributed by atoms with Crippen molar-refractivity contribution in [1.82, 2.24) is 9.38 Å². The number of ether oxygens (including phenoxy) is 1. The Hall–Kier alpha value is -2.07. The zero-order valence-electron chi connectivity index (χ0n) is 11.7. The first-order valence-corrected chi connectivity index (χ1v) is 7.05. The van der Waals surface area contributed by atoms with Crippen LogP contribution in [0.1, 0.15) is 11.3 Å². The average molecular weight is 305 g/mol. The van der Waals surface area contributed by atoms with E-state index in [9.17, 15) is 4.39 Å². The molecule has 0 radical (unpaired) electrons. The minimum absolute atomic E-state index is 0.255. The van der Waals surface area contributed by atoms with Gasteiger partial charge in [0.15, 0.2) is 0 Å². The number of aryl methyl sites for hydroxylation is 1. The Bertz CT molecular complexity index is 813. The van der Waals surface area contributed by atoms with Crippen molar-refractivity contribution in [1.29, 1.82) is 0 Å². The quantitative estimate of drug-likeness (QED) is 0.678. The number of fused-ring (bicyclic) bond motifs is 1. The van der Waals surface area contributed by atoms with E-state index in [2.05, 4.69) is 4.98 Å². The average Bonchev–Trinajstić information content (AvgIpc) is 2.84. The summed E-state index contributed by atoms with van der Waals surface area (Å²) < 4.78 is 20.4. The molecule has 0 amide bonds. The van der Waals surface area contributed by atoms with Crippen molar-refractivity contribution in [2.75, 3.05) is 7.11 Å². The van der Waals surface area contributed by atoms with Crippen LogP contribution in [0.25, 0.3) is 16.9 Å². The summed E-state index contributed by atoms with van der Waals surface area (Å²) in [5.41, 5.74) is 4.17. The van der Waals surface area contributed by atoms with Gasteiger partial charge in [0, 0.05) is 11.8 Å². The van der Waals surface area contributed by atoms with E-state index in [1.165, 1.54) is 12.3 Å². The minimum atomic E-state index is -0.316. The SMILES string of the molecule is COc1ccc(-c2nc3ccc(F)cn3c2CCl)cc1C. The molecular formula is C16H14ClFN2O. The molecule has 0 unspecified atom stereocenters. The van der Waals surface area contributed by atoms with Gasteiger partial charge in [-0.15, -0.1) is 11.6 Å². The van der Waals surface area contributed by atoms with Crippen molar-refractivity contribution in [3.05, 3.63) is 53.6 Å². The Kier molecular flexibility index (Phi) is 3.55. The highest BCUT2D eigenvalue weighted by Crippen LogP contribution is 2.29. The molecule has 108 valence electrons. The first kappa shape index (κ1) is 13.9. The Morgan fingerprint density at radius 2 is 2.10 bits per heavy atom. The zero-order valence-corrected chi connectivity index (χ0v) is 12.5. The van der Waals surface area contributed by atoms with Crippen LogP contribution in [0.15, 0.2) is 36.5 Å². The van der Waals surface area contributed by atoms with Gasteiger partial charge < -0.3 is 4.74 Å². The van der Waals surface area contributed by atoms with Crippen molar-refractivity contribution in [2.24, 2.45) is 0 Å². The third-order valence-corrected chi connectivity index (χ3v) is 3.73. The van der Waals surface area contributed by atoms with E-state index < -0.39 is 0 Å². The molecule has 0 fully saturated rings. The van der Waals surface area contributed by atoms with Gasteiger partial charge in [-0.05, 0) is 42.8 Å². The van der Waals surface area contributed by atoms with Gasteiger partial charge in [-0.1, -0.05) is 0 Å². The van der Waals surface area contributed by atoms with Crippen LogP contribution < -0.4 is 4.74 Å². The molecule has 0 aliphatic heterocycles. The van der Waals surface area contributed by atoms with Crippen molar-refractivity contribution < 1.29 is 9.13 Å². The fourth-order valence-electron chi connectivity index (χ4n) is 2.45. The second-order valence-electron chi connectivity index (χ2n) is 4.80. The molecule has 2 aromatic heterocycles. The molecule has 2 heterocycles. The maximum Gasteiger partial charge on any atom is 0.139 e. The van der Waals surface area contributed by atoms with Crippen molar-refractivity contribution in [2.45, 2.75) is 12.8 Å². The van der Waals surface area contributed by atoms with E-state index in [0.717, 1.165) is 28.3 Å². The summed E-state index contributed by atoms with van der Waals surface area (Å²) in [5, 5.41) is 0. The molecule has 0 aliphatic carbocycles. The lowest BCUT2D eigenvalue weighted by molar-refractivity contribution is 0.412. The van der Waals surface area contributed by atoms with Crippen LogP contribution in [0.3, 0.4) is 0 Å². The largest absolute Gasteiger partial charge is 0.496 e. The van der Waals surface area contributed by atoms with E-state index in [1.54, 1.807) is 17.6 Å². The predicted molar refractivity (Wildman–Crippen MR) is 81.4 cm³/mol. The van der Waals surface area contributed by atoms with E-state index in [-0.39, 0.29) is 11.7 Å². The van der Waals surface area contributed by atoms with Crippen LogP contribution in [0, 0.1) is 12.7 Å². The van der Waals surface area contributed by atoms with Crippen molar-refractivity contribution in [3.8, 4) is 17.0 Å². The first-order valence-electron chi connectivity index (χ1n) is 6.51. The van der Waals surface area contributed by atoms with E-state index in [4.69, 9.17) is 16.3 Å². The number of aromatic nitrogens is 2. The Morgan fingerprint density at radius 3 is 2.76 bits per heavy atom. The minimum Gasteiger partial charge on any atom is -0.496 e. The predicted octanol–water partition coefficient (Wildman–Crippen LogP) is 4.20. The van der Waals surface area contributed by atoms with Gasteiger partial charge in [0.2, 0.25) is 0 Å². The lowest BCUT2D eigenvalue weighted by Gasteiger charge is -2.07. The topological polar surface area (TPSA) is 26.5 Å². The van der Waals surface area contributed by atoms with Crippen LogP contribution in [0.5, 0.6) is 5.75 Å². The number of halogens is 2. The van der Waals surface area contributed by atoms with Crippen LogP contribution in [-0.2, 0) is 5.88 Å². The molecule has 1 aromatic carbocycles. The molecule has 0 saturated heterocycles. The lowest BCUT2D eigenvalue weighted by atomic mass is 10.1. The summed E-state index contributed by atoms with van der Waals surface area (Å²) in [6.07, 6.45) is 1.40. The van der Waals surface area contributed by atoms with Gasteiger partial charge >= 0.3 is 0 Å². The number of nitrogens with zero attached hydrogens (tertiary/aromatic N) is 2. The standard InChI is InChI=1S/C16H14ClFN2O/c1-10-7-11(3-5-14(10)21-2)16-13(8-17)20-9-12(18)4-6-15(20)19-16/h3-7,9H,8H2,1-2H3. The number of hydrogen-bond acceptors (Lipinski definition) is 2. The third-order valence-electron chi connectivity index (χ3n) is 3.48. The van der Waals surface area contributed by atoms with Crippen molar-refractivity contribution >= 4 is 17.2 Å². The van der Waals surface area contributed by atoms with E-state index in [1.807, 2.05) is 25.1 Å². The van der Waals surface area contributed by atoms with E-state index >= 15 is 0 Å². The van der Waals surface area contributed by atoms with Crippen LogP contribution >= 0.6 is 11.6 Å². The number of methoxy groups -OCH3 is 1. The highest BCUT2D eigenvalue weighted by molar-refractivity contribution is 6.17. The number of benzene rings is 1. The molecule has 0 atom stereocenters. The molecule has 3 aromatic rings. The fraction of sp³-hybridized carbons (Fsp3) is 0.188. The number of hydrogen-bond donors (Lipinski definition) is 0. The number of imidazole rings is 1. The number of pyridine rings is 1. The maximum atomic E-state index is 13.4. The maximum absolute atomic E-state index is 13.4. The van der Waals surface area contributed by atoms with Gasteiger partial charge in [-0.2, -0.15) is 0 Å². The third kappa shape index (κ3) is 2.36. The monoisotopic (exact) mass is 304 g/mol. The molecule has 3 rings (SSSR count). The molecule has 3 nitrogen and oxygen atoms in total. The molecule has 0 N–H and O–H groups in total. The van der Waals surface area contributed by atoms with Gasteiger partial charge in [0.05, 0.1) is 24.4 Å². The summed E-state index contributed by atoms with van der Waals surface area (Å²) in [6.45, 7) is 1.97. The van der Waals surface area contributed by atoms with Gasteiger partial charge in [0.25, 0.3) is 0 Å². The van der Waals surface area contributed by atoms with Crippen LogP contribution in [0.4, 0.5) is 4.39 Å². The molecule has 0 bridgehead atoms. The van der Waals surface area contributed by atoms with Gasteiger partial charge in [-0.3, -0.25) is 4.40 Å². The summed E-state index contributed by atoms with van der Waals surface area (Å²) in [6, 6.07) is 8.86. The summed E-state index contributed by atoms with van der Waals surface area (Å²) in [5.74, 6) is 0.759. The lowest BCUT2D eigenvalue weighted by Crippen LogP contribution is -1.93. The second kappa shape index (κ2) is 5.37. The molecule has 0 aliphatic rings. The van der Waals surface area contributed by atoms with E-state index in [0.29, 0.717) is 5.65 Å². The smallest absolute Gasteiger partial charge is 0.139 e. The Morgan fingerprint density at radius 1 is 1.29 bits per heavy atom. The zero-order chi connectivity index (χ0) is 15.0. The summed E-state index contributed by atoms with van der Waals surface area (Å²) in [7, 11) is 1.64. The molecule has 0 saturated carbocycles. The fourth-order valence-corrected chi connectivity index (χ4v) is 2.71. The highest BCUT2D eigenvalue weighted by atomic mass is 35.5. The van der Waals surface area contributed by atoms with Crippen LogP contribution in [0.2, 0.25) is 0 Å². The first-order chi connectivity index (χ1) is 10.1. The van der Waals surface area contributed by atoms with Crippen molar-refractivity contribution in [3.63, 3.8) is 0 Å². The van der Waals surface area contributed by atoms with Gasteiger partial charge in [0.1, 0.15) is 17.2 Å². The molecule has 21 heavy (non-hydrogen) atoms. The number of alkyl halides is 1. The second-order valence-corrected chi connectivity index (χ2v) is 5.07.